The van der Waals surface area contributed by atoms with Crippen LogP contribution in [0.2, 0.25) is 0 Å². The summed E-state index contributed by atoms with van der Waals surface area (Å²) in [7, 11) is 0. The Morgan fingerprint density at radius 3 is 2.40 bits per heavy atom. The summed E-state index contributed by atoms with van der Waals surface area (Å²) < 4.78 is 2.06. The lowest BCUT2D eigenvalue weighted by atomic mass is 9.82. The highest BCUT2D eigenvalue weighted by Gasteiger charge is 2.27. The third kappa shape index (κ3) is 4.38. The molecule has 2 heterocycles. The second kappa shape index (κ2) is 6.51. The van der Waals surface area contributed by atoms with E-state index in [1.54, 1.807) is 6.20 Å². The number of nitrogens with one attached hydrogen (secondary N) is 1. The first-order valence-electron chi connectivity index (χ1n) is 8.88. The second-order valence-electron chi connectivity index (χ2n) is 8.61. The second-order valence-corrected chi connectivity index (χ2v) is 8.61. The van der Waals surface area contributed by atoms with Gasteiger partial charge in [-0.2, -0.15) is 0 Å². The molecular weight excluding hydrogens is 308 g/mol. The number of rotatable bonds is 5. The van der Waals surface area contributed by atoms with E-state index < -0.39 is 0 Å². The number of nitrogens with zero attached hydrogens (tertiary/aromatic N) is 3. The molecule has 2 aromatic heterocycles. The average molecular weight is 336 g/mol. The highest BCUT2D eigenvalue weighted by molar-refractivity contribution is 5.54. The Kier molecular flexibility index (Phi) is 4.55. The van der Waals surface area contributed by atoms with Crippen LogP contribution < -0.4 is 5.32 Å². The maximum Gasteiger partial charge on any atom is 0.235 e. The van der Waals surface area contributed by atoms with Crippen molar-refractivity contribution in [3.63, 3.8) is 0 Å². The summed E-state index contributed by atoms with van der Waals surface area (Å²) in [6.45, 7) is 11.3. The van der Waals surface area contributed by atoms with E-state index >= 15 is 0 Å². The number of anilines is 1. The van der Waals surface area contributed by atoms with Crippen molar-refractivity contribution < 1.29 is 0 Å². The lowest BCUT2D eigenvalue weighted by Gasteiger charge is -2.34. The number of aromatic nitrogens is 3. The van der Waals surface area contributed by atoms with Crippen LogP contribution in [0.3, 0.4) is 0 Å². The van der Waals surface area contributed by atoms with Gasteiger partial charge in [-0.25, -0.2) is 9.97 Å². The van der Waals surface area contributed by atoms with Gasteiger partial charge in [0, 0.05) is 24.4 Å². The van der Waals surface area contributed by atoms with Gasteiger partial charge in [-0.3, -0.25) is 4.40 Å². The molecule has 0 aliphatic carbocycles. The van der Waals surface area contributed by atoms with E-state index in [4.69, 9.17) is 4.98 Å². The zero-order valence-corrected chi connectivity index (χ0v) is 15.9. The third-order valence-corrected chi connectivity index (χ3v) is 4.12. The Morgan fingerprint density at radius 2 is 1.72 bits per heavy atom. The summed E-state index contributed by atoms with van der Waals surface area (Å²) in [5.41, 5.74) is 2.49. The lowest BCUT2D eigenvalue weighted by Crippen LogP contribution is -2.36. The molecule has 0 atom stereocenters. The van der Waals surface area contributed by atoms with E-state index in [0.717, 1.165) is 30.1 Å². The van der Waals surface area contributed by atoms with Gasteiger partial charge in [-0.15, -0.1) is 0 Å². The molecule has 1 N–H and O–H groups in total. The van der Waals surface area contributed by atoms with Gasteiger partial charge in [-0.1, -0.05) is 51.1 Å². The van der Waals surface area contributed by atoms with Crippen LogP contribution in [0.5, 0.6) is 0 Å². The van der Waals surface area contributed by atoms with Crippen molar-refractivity contribution in [2.75, 3.05) is 5.32 Å². The van der Waals surface area contributed by atoms with E-state index in [1.807, 2.05) is 18.3 Å². The quantitative estimate of drug-likeness (QED) is 0.717. The molecule has 0 amide bonds. The van der Waals surface area contributed by atoms with Crippen LogP contribution in [0.15, 0.2) is 48.8 Å². The largest absolute Gasteiger partial charge is 0.365 e. The number of hydrogen-bond acceptors (Lipinski definition) is 3. The molecule has 0 radical (unpaired) electrons. The third-order valence-electron chi connectivity index (χ3n) is 4.12. The first-order valence-corrected chi connectivity index (χ1v) is 8.88. The van der Waals surface area contributed by atoms with Crippen LogP contribution in [-0.2, 0) is 6.42 Å². The maximum absolute atomic E-state index is 4.78. The Morgan fingerprint density at radius 1 is 1.00 bits per heavy atom. The Labute approximate surface area is 150 Å². The summed E-state index contributed by atoms with van der Waals surface area (Å²) in [5.74, 6) is 1.78. The van der Waals surface area contributed by atoms with Crippen LogP contribution in [0.25, 0.3) is 5.78 Å². The predicted molar refractivity (Wildman–Crippen MR) is 104 cm³/mol. The van der Waals surface area contributed by atoms with Crippen molar-refractivity contribution in [2.24, 2.45) is 5.41 Å². The summed E-state index contributed by atoms with van der Waals surface area (Å²) >= 11 is 0. The number of hydrogen-bond donors (Lipinski definition) is 1. The molecule has 4 nitrogen and oxygen atoms in total. The summed E-state index contributed by atoms with van der Waals surface area (Å²) in [4.78, 5) is 9.20. The zero-order valence-electron chi connectivity index (χ0n) is 15.9. The Hall–Kier alpha value is -2.36. The van der Waals surface area contributed by atoms with Gasteiger partial charge in [0.2, 0.25) is 5.78 Å². The van der Waals surface area contributed by atoms with Crippen molar-refractivity contribution in [1.29, 1.82) is 0 Å². The summed E-state index contributed by atoms with van der Waals surface area (Å²) in [6.07, 6.45) is 5.66. The molecule has 0 saturated heterocycles. The van der Waals surface area contributed by atoms with Gasteiger partial charge in [-0.05, 0) is 37.3 Å². The molecule has 25 heavy (non-hydrogen) atoms. The van der Waals surface area contributed by atoms with Gasteiger partial charge in [0.15, 0.2) is 0 Å². The minimum atomic E-state index is -0.0461. The van der Waals surface area contributed by atoms with Crippen molar-refractivity contribution in [3.8, 4) is 0 Å². The molecule has 0 spiro atoms. The van der Waals surface area contributed by atoms with Crippen LogP contribution >= 0.6 is 0 Å². The van der Waals surface area contributed by atoms with E-state index in [-0.39, 0.29) is 11.0 Å². The van der Waals surface area contributed by atoms with E-state index in [9.17, 15) is 0 Å². The van der Waals surface area contributed by atoms with Crippen LogP contribution in [0.4, 0.5) is 5.82 Å². The molecule has 0 aliphatic heterocycles. The molecule has 0 saturated carbocycles. The van der Waals surface area contributed by atoms with Crippen molar-refractivity contribution in [2.45, 2.75) is 53.0 Å². The highest BCUT2D eigenvalue weighted by Crippen LogP contribution is 2.31. The molecule has 132 valence electrons. The van der Waals surface area contributed by atoms with Gasteiger partial charge >= 0.3 is 0 Å². The molecule has 0 fully saturated rings. The predicted octanol–water partition coefficient (Wildman–Crippen LogP) is 4.95. The molecule has 0 unspecified atom stereocenters. The van der Waals surface area contributed by atoms with E-state index in [0.29, 0.717) is 0 Å². The lowest BCUT2D eigenvalue weighted by molar-refractivity contribution is 0.302. The van der Waals surface area contributed by atoms with Crippen LogP contribution in [0, 0.1) is 5.41 Å². The number of benzene rings is 1. The fourth-order valence-electron chi connectivity index (χ4n) is 3.67. The monoisotopic (exact) mass is 336 g/mol. The van der Waals surface area contributed by atoms with Gasteiger partial charge < -0.3 is 5.32 Å². The minimum Gasteiger partial charge on any atom is -0.365 e. The fourth-order valence-corrected chi connectivity index (χ4v) is 3.67. The van der Waals surface area contributed by atoms with Crippen LogP contribution in [-0.4, -0.2) is 19.9 Å². The maximum atomic E-state index is 4.78. The number of imidazole rings is 1. The van der Waals surface area contributed by atoms with Gasteiger partial charge in [0.1, 0.15) is 5.82 Å². The molecular formula is C21H28N4. The normalized spacial score (nSPS) is 12.5. The van der Waals surface area contributed by atoms with E-state index in [2.05, 4.69) is 73.6 Å². The minimum absolute atomic E-state index is 0.0461. The highest BCUT2D eigenvalue weighted by atomic mass is 15.2. The van der Waals surface area contributed by atoms with Crippen LogP contribution in [0.1, 0.15) is 52.3 Å². The molecule has 1 aromatic carbocycles. The van der Waals surface area contributed by atoms with Crippen molar-refractivity contribution >= 4 is 11.6 Å². The topological polar surface area (TPSA) is 42.2 Å². The van der Waals surface area contributed by atoms with Crippen molar-refractivity contribution in [3.05, 3.63) is 60.0 Å². The zero-order chi connectivity index (χ0) is 18.1. The first-order chi connectivity index (χ1) is 11.7. The fraction of sp³-hybridized carbons (Fsp3) is 0.429. The van der Waals surface area contributed by atoms with Gasteiger partial charge in [0.25, 0.3) is 0 Å². The summed E-state index contributed by atoms with van der Waals surface area (Å²) in [5, 5.41) is 3.75. The Balaban J connectivity index is 1.99. The number of fused-ring (bicyclic) bond motifs is 1. The van der Waals surface area contributed by atoms with E-state index in [1.165, 1.54) is 5.56 Å². The van der Waals surface area contributed by atoms with Crippen molar-refractivity contribution in [1.82, 2.24) is 14.4 Å². The molecule has 0 bridgehead atoms. The Bertz CT molecular complexity index is 841. The molecule has 3 aromatic rings. The average Bonchev–Trinajstić information content (AvgIpc) is 2.83. The SMILES string of the molecule is CC(C)(C)CC(C)(C)Nc1c(Cc2ccccc2)nc2ncccn12. The summed E-state index contributed by atoms with van der Waals surface area (Å²) in [6, 6.07) is 12.4. The molecule has 3 rings (SSSR count). The molecule has 4 heteroatoms. The molecule has 0 aliphatic rings. The smallest absolute Gasteiger partial charge is 0.235 e. The first kappa shape index (κ1) is 17.5. The standard InChI is InChI=1S/C21H28N4/c1-20(2,3)15-21(4,5)24-18-17(14-16-10-7-6-8-11-16)23-19-22-12-9-13-25(18)19/h6-13,24H,14-15H2,1-5H3. The van der Waals surface area contributed by atoms with Gasteiger partial charge in [0.05, 0.1) is 5.69 Å².